The Morgan fingerprint density at radius 3 is 1.14 bits per heavy atom. The molecule has 0 aromatic rings. The van der Waals surface area contributed by atoms with E-state index in [9.17, 15) is 9.59 Å². The standard InChI is InChI=1S/C2H2O2S2.Pd/c3-1(5)2(4)6;/h(H,3,5)(H,4,6);/q;+2/p-2. The predicted octanol–water partition coefficient (Wildman–Crippen LogP) is -0.869. The summed E-state index contributed by atoms with van der Waals surface area (Å²) in [7, 11) is 0. The fraction of sp³-hybridized carbons (Fsp3) is 0. The van der Waals surface area contributed by atoms with Crippen molar-refractivity contribution in [2.24, 2.45) is 0 Å². The number of hydrogen-bond acceptors (Lipinski definition) is 4. The van der Waals surface area contributed by atoms with Gasteiger partial charge in [0.25, 0.3) is 0 Å². The van der Waals surface area contributed by atoms with Gasteiger partial charge in [-0.1, -0.05) is 0 Å². The van der Waals surface area contributed by atoms with Crippen molar-refractivity contribution >= 4 is 35.5 Å². The van der Waals surface area contributed by atoms with Crippen molar-refractivity contribution in [2.75, 3.05) is 0 Å². The van der Waals surface area contributed by atoms with Crippen LogP contribution in [-0.2, 0) is 55.3 Å². The maximum atomic E-state index is 9.50. The number of hydrogen-bond donors (Lipinski definition) is 0. The Labute approximate surface area is 65.5 Å². The third kappa shape index (κ3) is 6.44. The molecule has 5 heteroatoms. The minimum Gasteiger partial charge on any atom is -0.736 e. The molecule has 42 valence electrons. The first kappa shape index (κ1) is 10.4. The number of rotatable bonds is 1. The van der Waals surface area contributed by atoms with Crippen LogP contribution in [0.4, 0.5) is 0 Å². The maximum absolute atomic E-state index is 9.50. The molecule has 0 saturated heterocycles. The van der Waals surface area contributed by atoms with E-state index in [1.54, 1.807) is 0 Å². The van der Waals surface area contributed by atoms with E-state index in [4.69, 9.17) is 0 Å². The summed E-state index contributed by atoms with van der Waals surface area (Å²) in [6, 6.07) is 0. The van der Waals surface area contributed by atoms with Crippen LogP contribution in [0, 0.1) is 0 Å². The summed E-state index contributed by atoms with van der Waals surface area (Å²) in [4.78, 5) is 19.0. The van der Waals surface area contributed by atoms with Gasteiger partial charge >= 0.3 is 20.4 Å². The molecule has 0 saturated carbocycles. The molecule has 0 atom stereocenters. The molecular weight excluding hydrogens is 227 g/mol. The van der Waals surface area contributed by atoms with Crippen LogP contribution in [-0.4, -0.2) is 10.2 Å². The fourth-order valence-electron chi connectivity index (χ4n) is 0. The van der Waals surface area contributed by atoms with Gasteiger partial charge in [-0.25, -0.2) is 0 Å². The van der Waals surface area contributed by atoms with Crippen LogP contribution < -0.4 is 0 Å². The summed E-state index contributed by atoms with van der Waals surface area (Å²) in [6.07, 6.45) is 0. The first-order chi connectivity index (χ1) is 2.64. The minimum absolute atomic E-state index is 0. The van der Waals surface area contributed by atoms with Crippen molar-refractivity contribution in [3.8, 4) is 0 Å². The Kier molecular flexibility index (Phi) is 6.85. The number of carbonyl (C=O) groups excluding carboxylic acids is 2. The summed E-state index contributed by atoms with van der Waals surface area (Å²) in [5.41, 5.74) is 0. The zero-order chi connectivity index (χ0) is 5.15. The number of carbonyl (C=O) groups is 2. The van der Waals surface area contributed by atoms with Crippen LogP contribution in [0.3, 0.4) is 0 Å². The van der Waals surface area contributed by atoms with E-state index in [2.05, 4.69) is 25.3 Å². The summed E-state index contributed by atoms with van der Waals surface area (Å²) in [5.74, 6) is 0. The van der Waals surface area contributed by atoms with Gasteiger partial charge < -0.3 is 34.8 Å². The normalized spacial score (nSPS) is 6.29. The van der Waals surface area contributed by atoms with E-state index in [0.717, 1.165) is 0 Å². The maximum Gasteiger partial charge on any atom is 2.00 e. The van der Waals surface area contributed by atoms with Crippen LogP contribution >= 0.6 is 0 Å². The summed E-state index contributed by atoms with van der Waals surface area (Å²) in [5, 5.41) is -1.96. The summed E-state index contributed by atoms with van der Waals surface area (Å²) >= 11 is 7.62. The van der Waals surface area contributed by atoms with Gasteiger partial charge in [0.05, 0.1) is 10.2 Å². The minimum atomic E-state index is -0.981. The van der Waals surface area contributed by atoms with Gasteiger partial charge in [0.1, 0.15) is 0 Å². The molecule has 7 heavy (non-hydrogen) atoms. The Morgan fingerprint density at radius 2 is 1.14 bits per heavy atom. The second-order valence-corrected chi connectivity index (χ2v) is 1.32. The van der Waals surface area contributed by atoms with Crippen molar-refractivity contribution < 1.29 is 30.0 Å². The van der Waals surface area contributed by atoms with Gasteiger partial charge in [-0.05, 0) is 0 Å². The molecule has 0 aliphatic heterocycles. The Morgan fingerprint density at radius 1 is 1.00 bits per heavy atom. The molecule has 0 rings (SSSR count). The van der Waals surface area contributed by atoms with Crippen LogP contribution in [0.5, 0.6) is 0 Å². The molecular formula is C2O2PdS2. The van der Waals surface area contributed by atoms with E-state index < -0.39 is 10.2 Å². The van der Waals surface area contributed by atoms with Crippen molar-refractivity contribution in [2.45, 2.75) is 0 Å². The van der Waals surface area contributed by atoms with Crippen LogP contribution in [0.1, 0.15) is 0 Å². The molecule has 0 bridgehead atoms. The fourth-order valence-corrected chi connectivity index (χ4v) is 0. The Hall–Kier alpha value is 0.442. The molecule has 0 N–H and O–H groups in total. The second-order valence-electron chi connectivity index (χ2n) is 0.575. The molecule has 0 unspecified atom stereocenters. The molecule has 0 aromatic carbocycles. The molecule has 0 fully saturated rings. The predicted molar refractivity (Wildman–Crippen MR) is 24.7 cm³/mol. The largest absolute Gasteiger partial charge is 2.00 e. The molecule has 0 aliphatic rings. The third-order valence-corrected chi connectivity index (χ3v) is 0.667. The smallest absolute Gasteiger partial charge is 0.736 e. The van der Waals surface area contributed by atoms with E-state index in [1.807, 2.05) is 0 Å². The zero-order valence-corrected chi connectivity index (χ0v) is 6.14. The monoisotopic (exact) mass is 226 g/mol. The molecule has 2 nitrogen and oxygen atoms in total. The second kappa shape index (κ2) is 4.60. The Bertz CT molecular complexity index is 79.7. The average Bonchev–Trinajstić information content (AvgIpc) is 1.36. The van der Waals surface area contributed by atoms with Crippen LogP contribution in [0.25, 0.3) is 0 Å². The molecule has 0 heterocycles. The van der Waals surface area contributed by atoms with Gasteiger partial charge in [0.15, 0.2) is 0 Å². The van der Waals surface area contributed by atoms with Crippen molar-refractivity contribution in [1.29, 1.82) is 0 Å². The van der Waals surface area contributed by atoms with Gasteiger partial charge in [0.2, 0.25) is 0 Å². The van der Waals surface area contributed by atoms with E-state index in [1.165, 1.54) is 0 Å². The topological polar surface area (TPSA) is 34.1 Å². The summed E-state index contributed by atoms with van der Waals surface area (Å²) < 4.78 is 0. The quantitative estimate of drug-likeness (QED) is 0.331. The van der Waals surface area contributed by atoms with E-state index >= 15 is 0 Å². The molecule has 0 amide bonds. The van der Waals surface area contributed by atoms with Gasteiger partial charge in [0, 0.05) is 0 Å². The van der Waals surface area contributed by atoms with Crippen molar-refractivity contribution in [3.05, 3.63) is 0 Å². The molecule has 0 radical (unpaired) electrons. The van der Waals surface area contributed by atoms with Gasteiger partial charge in [-0.15, -0.1) is 0 Å². The van der Waals surface area contributed by atoms with Crippen molar-refractivity contribution in [3.63, 3.8) is 0 Å². The van der Waals surface area contributed by atoms with Gasteiger partial charge in [-0.3, -0.25) is 0 Å². The van der Waals surface area contributed by atoms with E-state index in [-0.39, 0.29) is 20.4 Å². The first-order valence-electron chi connectivity index (χ1n) is 1.07. The van der Waals surface area contributed by atoms with Crippen LogP contribution in [0.2, 0.25) is 0 Å². The zero-order valence-electron chi connectivity index (χ0n) is 2.95. The van der Waals surface area contributed by atoms with Crippen molar-refractivity contribution in [1.82, 2.24) is 0 Å². The SMILES string of the molecule is O=C([S-])C(=O)[S-].[Pd+2]. The first-order valence-corrected chi connectivity index (χ1v) is 1.88. The average molecular weight is 227 g/mol. The van der Waals surface area contributed by atoms with Gasteiger partial charge in [-0.2, -0.15) is 0 Å². The van der Waals surface area contributed by atoms with E-state index in [0.29, 0.717) is 0 Å². The van der Waals surface area contributed by atoms with Crippen LogP contribution in [0.15, 0.2) is 0 Å². The molecule has 0 spiro atoms. The summed E-state index contributed by atoms with van der Waals surface area (Å²) in [6.45, 7) is 0. The third-order valence-electron chi connectivity index (χ3n) is 0.167. The molecule has 0 aliphatic carbocycles. The Balaban J connectivity index is 0. The molecule has 0 aromatic heterocycles.